The lowest BCUT2D eigenvalue weighted by atomic mass is 10.0. The van der Waals surface area contributed by atoms with Crippen molar-refractivity contribution in [1.29, 1.82) is 0 Å². The maximum atomic E-state index is 5.55. The molecule has 1 N–H and O–H groups in total. The molecule has 0 aliphatic heterocycles. The Morgan fingerprint density at radius 2 is 1.95 bits per heavy atom. The zero-order valence-corrected chi connectivity index (χ0v) is 13.2. The largest absolute Gasteiger partial charge is 0.496 e. The van der Waals surface area contributed by atoms with E-state index in [1.165, 1.54) is 11.3 Å². The van der Waals surface area contributed by atoms with E-state index in [9.17, 15) is 0 Å². The highest BCUT2D eigenvalue weighted by Gasteiger charge is 2.19. The van der Waals surface area contributed by atoms with Gasteiger partial charge in [-0.3, -0.25) is 0 Å². The van der Waals surface area contributed by atoms with Crippen molar-refractivity contribution in [3.63, 3.8) is 0 Å². The second kappa shape index (κ2) is 7.39. The molecule has 19 heavy (non-hydrogen) atoms. The van der Waals surface area contributed by atoms with Gasteiger partial charge in [0.05, 0.1) is 7.11 Å². The second-order valence-corrected chi connectivity index (χ2v) is 5.27. The molecule has 0 saturated carbocycles. The first-order valence-electron chi connectivity index (χ1n) is 7.16. The van der Waals surface area contributed by atoms with E-state index < -0.39 is 0 Å². The van der Waals surface area contributed by atoms with Crippen molar-refractivity contribution in [2.75, 3.05) is 25.6 Å². The van der Waals surface area contributed by atoms with Crippen molar-refractivity contribution >= 4 is 5.69 Å². The van der Waals surface area contributed by atoms with E-state index in [0.717, 1.165) is 18.7 Å². The summed E-state index contributed by atoms with van der Waals surface area (Å²) in [7, 11) is 3.88. The molecule has 0 aliphatic rings. The fourth-order valence-corrected chi connectivity index (χ4v) is 2.19. The number of nitrogens with one attached hydrogen (secondary N) is 1. The topological polar surface area (TPSA) is 24.5 Å². The van der Waals surface area contributed by atoms with E-state index >= 15 is 0 Å². The molecule has 0 saturated heterocycles. The Bertz CT molecular complexity index is 390. The van der Waals surface area contributed by atoms with Gasteiger partial charge in [0.1, 0.15) is 5.75 Å². The first-order valence-corrected chi connectivity index (χ1v) is 7.16. The van der Waals surface area contributed by atoms with Gasteiger partial charge in [-0.05, 0) is 45.9 Å². The minimum atomic E-state index is 0.285. The van der Waals surface area contributed by atoms with Crippen LogP contribution in [-0.2, 0) is 0 Å². The van der Waals surface area contributed by atoms with Gasteiger partial charge in [-0.15, -0.1) is 0 Å². The van der Waals surface area contributed by atoms with Crippen molar-refractivity contribution in [3.05, 3.63) is 23.8 Å². The molecule has 3 nitrogen and oxygen atoms in total. The fourth-order valence-electron chi connectivity index (χ4n) is 2.19. The maximum Gasteiger partial charge on any atom is 0.125 e. The molecule has 0 spiro atoms. The Balaban J connectivity index is 3.16. The number of anilines is 1. The standard InChI is InChI=1S/C16H28N2O/c1-7-11-17-13(4)16-14(18(5)12(2)3)9-8-10-15(16)19-6/h8-10,12-13,17H,7,11H2,1-6H3. The lowest BCUT2D eigenvalue weighted by Crippen LogP contribution is -2.29. The average Bonchev–Trinajstić information content (AvgIpc) is 2.42. The van der Waals surface area contributed by atoms with Crippen LogP contribution in [0.25, 0.3) is 0 Å². The normalized spacial score (nSPS) is 12.6. The van der Waals surface area contributed by atoms with Gasteiger partial charge in [0.2, 0.25) is 0 Å². The third-order valence-corrected chi connectivity index (χ3v) is 3.55. The molecule has 0 heterocycles. The highest BCUT2D eigenvalue weighted by molar-refractivity contribution is 5.60. The van der Waals surface area contributed by atoms with Crippen molar-refractivity contribution in [2.45, 2.75) is 46.2 Å². The predicted molar refractivity (Wildman–Crippen MR) is 83.2 cm³/mol. The molecule has 1 aromatic carbocycles. The molecule has 0 bridgehead atoms. The van der Waals surface area contributed by atoms with Crippen LogP contribution in [0.5, 0.6) is 5.75 Å². The average molecular weight is 264 g/mol. The van der Waals surface area contributed by atoms with E-state index in [2.05, 4.69) is 57.1 Å². The lowest BCUT2D eigenvalue weighted by Gasteiger charge is -2.29. The number of benzene rings is 1. The summed E-state index contributed by atoms with van der Waals surface area (Å²) in [5.74, 6) is 0.959. The molecule has 3 heteroatoms. The first kappa shape index (κ1) is 15.8. The molecule has 0 radical (unpaired) electrons. The number of rotatable bonds is 7. The zero-order chi connectivity index (χ0) is 14.4. The SMILES string of the molecule is CCCNC(C)c1c(OC)cccc1N(C)C(C)C. The van der Waals surface area contributed by atoms with Gasteiger partial charge in [0, 0.05) is 30.4 Å². The van der Waals surface area contributed by atoms with E-state index in [4.69, 9.17) is 4.74 Å². The van der Waals surface area contributed by atoms with Crippen molar-refractivity contribution in [3.8, 4) is 5.75 Å². The molecule has 1 aromatic rings. The smallest absolute Gasteiger partial charge is 0.125 e. The number of ether oxygens (including phenoxy) is 1. The Hall–Kier alpha value is -1.22. The summed E-state index contributed by atoms with van der Waals surface area (Å²) in [6.07, 6.45) is 1.13. The molecule has 0 aliphatic carbocycles. The minimum absolute atomic E-state index is 0.285. The quantitative estimate of drug-likeness (QED) is 0.814. The summed E-state index contributed by atoms with van der Waals surface area (Å²) in [4.78, 5) is 2.29. The van der Waals surface area contributed by atoms with E-state index in [-0.39, 0.29) is 6.04 Å². The van der Waals surface area contributed by atoms with Crippen LogP contribution in [0.4, 0.5) is 5.69 Å². The summed E-state index contributed by atoms with van der Waals surface area (Å²) >= 11 is 0. The van der Waals surface area contributed by atoms with Gasteiger partial charge in [-0.25, -0.2) is 0 Å². The Kier molecular flexibility index (Phi) is 6.16. The number of methoxy groups -OCH3 is 1. The highest BCUT2D eigenvalue weighted by atomic mass is 16.5. The second-order valence-electron chi connectivity index (χ2n) is 5.27. The van der Waals surface area contributed by atoms with Crippen LogP contribution in [0.15, 0.2) is 18.2 Å². The Morgan fingerprint density at radius 1 is 1.26 bits per heavy atom. The fraction of sp³-hybridized carbons (Fsp3) is 0.625. The summed E-state index contributed by atoms with van der Waals surface area (Å²) in [6.45, 7) is 9.80. The minimum Gasteiger partial charge on any atom is -0.496 e. The first-order chi connectivity index (χ1) is 9.02. The predicted octanol–water partition coefficient (Wildman–Crippen LogP) is 3.60. The summed E-state index contributed by atoms with van der Waals surface area (Å²) in [5.41, 5.74) is 2.49. The zero-order valence-electron chi connectivity index (χ0n) is 13.2. The molecular formula is C16H28N2O. The molecule has 0 fully saturated rings. The summed E-state index contributed by atoms with van der Waals surface area (Å²) in [5, 5.41) is 3.55. The van der Waals surface area contributed by atoms with Gasteiger partial charge in [0.25, 0.3) is 0 Å². The van der Waals surface area contributed by atoms with Crippen LogP contribution < -0.4 is 15.0 Å². The third-order valence-electron chi connectivity index (χ3n) is 3.55. The molecule has 0 aromatic heterocycles. The van der Waals surface area contributed by atoms with Crippen LogP contribution in [0.3, 0.4) is 0 Å². The van der Waals surface area contributed by atoms with Crippen LogP contribution in [0.1, 0.15) is 45.7 Å². The third kappa shape index (κ3) is 3.87. The van der Waals surface area contributed by atoms with Crippen LogP contribution >= 0.6 is 0 Å². The van der Waals surface area contributed by atoms with Gasteiger partial charge in [0.15, 0.2) is 0 Å². The molecule has 1 unspecified atom stereocenters. The molecule has 1 rings (SSSR count). The number of hydrogen-bond acceptors (Lipinski definition) is 3. The monoisotopic (exact) mass is 264 g/mol. The lowest BCUT2D eigenvalue weighted by molar-refractivity contribution is 0.401. The van der Waals surface area contributed by atoms with E-state index in [0.29, 0.717) is 6.04 Å². The van der Waals surface area contributed by atoms with Gasteiger partial charge < -0.3 is 15.0 Å². The highest BCUT2D eigenvalue weighted by Crippen LogP contribution is 2.34. The Labute approximate surface area is 118 Å². The van der Waals surface area contributed by atoms with Crippen molar-refractivity contribution in [1.82, 2.24) is 5.32 Å². The van der Waals surface area contributed by atoms with Crippen molar-refractivity contribution in [2.24, 2.45) is 0 Å². The van der Waals surface area contributed by atoms with Crippen LogP contribution in [0, 0.1) is 0 Å². The molecule has 108 valence electrons. The van der Waals surface area contributed by atoms with Crippen molar-refractivity contribution < 1.29 is 4.74 Å². The number of nitrogens with zero attached hydrogens (tertiary/aromatic N) is 1. The Morgan fingerprint density at radius 3 is 2.47 bits per heavy atom. The molecular weight excluding hydrogens is 236 g/mol. The van der Waals surface area contributed by atoms with E-state index in [1.807, 2.05) is 6.07 Å². The van der Waals surface area contributed by atoms with Gasteiger partial charge >= 0.3 is 0 Å². The van der Waals surface area contributed by atoms with Gasteiger partial charge in [-0.2, -0.15) is 0 Å². The molecule has 0 amide bonds. The van der Waals surface area contributed by atoms with E-state index in [1.54, 1.807) is 7.11 Å². The summed E-state index contributed by atoms with van der Waals surface area (Å²) in [6, 6.07) is 7.01. The van der Waals surface area contributed by atoms with Crippen LogP contribution in [-0.4, -0.2) is 26.7 Å². The van der Waals surface area contributed by atoms with Crippen LogP contribution in [0.2, 0.25) is 0 Å². The van der Waals surface area contributed by atoms with Gasteiger partial charge in [-0.1, -0.05) is 13.0 Å². The summed E-state index contributed by atoms with van der Waals surface area (Å²) < 4.78 is 5.55. The molecule has 1 atom stereocenters. The number of hydrogen-bond donors (Lipinski definition) is 1. The maximum absolute atomic E-state index is 5.55.